The summed E-state index contributed by atoms with van der Waals surface area (Å²) in [6, 6.07) is 13.0. The number of carbonyl (C=O) groups is 2. The molecule has 2 aromatic carbocycles. The number of halogens is 1. The van der Waals surface area contributed by atoms with E-state index in [4.69, 9.17) is 11.6 Å². The number of hydrogen-bond acceptors (Lipinski definition) is 5. The Morgan fingerprint density at radius 1 is 1.08 bits per heavy atom. The lowest BCUT2D eigenvalue weighted by atomic mass is 10.1. The van der Waals surface area contributed by atoms with E-state index in [1.807, 2.05) is 0 Å². The van der Waals surface area contributed by atoms with Crippen LogP contribution >= 0.6 is 11.6 Å². The van der Waals surface area contributed by atoms with Crippen LogP contribution in [0, 0.1) is 0 Å². The summed E-state index contributed by atoms with van der Waals surface area (Å²) in [7, 11) is -2.68. The standard InChI is InChI=1S/C17H17ClN2O5S/c1-25-17(22)16(12-5-3-2-4-6-12)20-15(21)11-19-26(23,24)14-9-7-13(18)8-10-14/h2-10,16,19H,11H2,1H3,(H,20,21). The zero-order chi connectivity index (χ0) is 19.2. The molecular formula is C17H17ClN2O5S. The molecule has 7 nitrogen and oxygen atoms in total. The predicted octanol–water partition coefficient (Wildman–Crippen LogP) is 1.65. The van der Waals surface area contributed by atoms with Gasteiger partial charge in [-0.1, -0.05) is 41.9 Å². The summed E-state index contributed by atoms with van der Waals surface area (Å²) in [5.41, 5.74) is 0.522. The van der Waals surface area contributed by atoms with Gasteiger partial charge in [-0.05, 0) is 29.8 Å². The highest BCUT2D eigenvalue weighted by atomic mass is 35.5. The first-order chi connectivity index (χ1) is 12.3. The minimum Gasteiger partial charge on any atom is -0.467 e. The highest BCUT2D eigenvalue weighted by Gasteiger charge is 2.24. The fraction of sp³-hybridized carbons (Fsp3) is 0.176. The zero-order valence-corrected chi connectivity index (χ0v) is 15.4. The molecule has 2 aromatic rings. The van der Waals surface area contributed by atoms with E-state index in [-0.39, 0.29) is 4.90 Å². The van der Waals surface area contributed by atoms with Crippen LogP contribution in [0.3, 0.4) is 0 Å². The highest BCUT2D eigenvalue weighted by Crippen LogP contribution is 2.15. The Labute approximate surface area is 156 Å². The van der Waals surface area contributed by atoms with Crippen molar-refractivity contribution < 1.29 is 22.7 Å². The normalized spacial score (nSPS) is 12.2. The number of ether oxygens (including phenoxy) is 1. The summed E-state index contributed by atoms with van der Waals surface area (Å²) in [5, 5.41) is 2.85. The van der Waals surface area contributed by atoms with Gasteiger partial charge in [-0.15, -0.1) is 0 Å². The topological polar surface area (TPSA) is 102 Å². The molecule has 1 amide bonds. The maximum atomic E-state index is 12.2. The molecule has 0 aliphatic heterocycles. The molecule has 0 spiro atoms. The van der Waals surface area contributed by atoms with Crippen LogP contribution in [0.15, 0.2) is 59.5 Å². The van der Waals surface area contributed by atoms with E-state index >= 15 is 0 Å². The molecule has 0 saturated heterocycles. The smallest absolute Gasteiger partial charge is 0.333 e. The van der Waals surface area contributed by atoms with E-state index in [2.05, 4.69) is 14.8 Å². The SMILES string of the molecule is COC(=O)C(NC(=O)CNS(=O)(=O)c1ccc(Cl)cc1)c1ccccc1. The number of sulfonamides is 1. The molecule has 26 heavy (non-hydrogen) atoms. The second kappa shape index (κ2) is 8.79. The Morgan fingerprint density at radius 3 is 2.27 bits per heavy atom. The second-order valence-corrected chi connectivity index (χ2v) is 7.42. The van der Waals surface area contributed by atoms with Crippen molar-refractivity contribution in [2.75, 3.05) is 13.7 Å². The van der Waals surface area contributed by atoms with E-state index < -0.39 is 34.5 Å². The summed E-state index contributed by atoms with van der Waals surface area (Å²) in [6.45, 7) is -0.536. The van der Waals surface area contributed by atoms with E-state index in [9.17, 15) is 18.0 Å². The minimum atomic E-state index is -3.88. The van der Waals surface area contributed by atoms with Gasteiger partial charge in [-0.3, -0.25) is 4.79 Å². The molecule has 1 atom stereocenters. The second-order valence-electron chi connectivity index (χ2n) is 5.21. The van der Waals surface area contributed by atoms with Crippen molar-refractivity contribution in [1.82, 2.24) is 10.0 Å². The Kier molecular flexibility index (Phi) is 6.73. The first kappa shape index (κ1) is 19.9. The largest absolute Gasteiger partial charge is 0.467 e. The third-order valence-corrected chi connectivity index (χ3v) is 5.09. The van der Waals surface area contributed by atoms with Gasteiger partial charge in [-0.2, -0.15) is 0 Å². The fourth-order valence-electron chi connectivity index (χ4n) is 2.11. The third-order valence-electron chi connectivity index (χ3n) is 3.42. The van der Waals surface area contributed by atoms with Crippen molar-refractivity contribution in [3.05, 3.63) is 65.2 Å². The van der Waals surface area contributed by atoms with Crippen LogP contribution in [-0.2, 0) is 24.3 Å². The maximum Gasteiger partial charge on any atom is 0.333 e. The number of esters is 1. The van der Waals surface area contributed by atoms with Crippen molar-refractivity contribution in [1.29, 1.82) is 0 Å². The molecular weight excluding hydrogens is 380 g/mol. The minimum absolute atomic E-state index is 0.0257. The molecule has 0 radical (unpaired) electrons. The van der Waals surface area contributed by atoms with Crippen molar-refractivity contribution in [3.8, 4) is 0 Å². The van der Waals surface area contributed by atoms with Gasteiger partial charge < -0.3 is 10.1 Å². The monoisotopic (exact) mass is 396 g/mol. The van der Waals surface area contributed by atoms with Crippen LogP contribution in [0.1, 0.15) is 11.6 Å². The summed E-state index contributed by atoms with van der Waals surface area (Å²) >= 11 is 5.73. The average Bonchev–Trinajstić information content (AvgIpc) is 2.65. The number of benzene rings is 2. The molecule has 0 aliphatic rings. The van der Waals surface area contributed by atoms with Crippen LogP contribution in [0.5, 0.6) is 0 Å². The van der Waals surface area contributed by atoms with Crippen LogP contribution in [0.2, 0.25) is 5.02 Å². The first-order valence-corrected chi connectivity index (χ1v) is 9.37. The van der Waals surface area contributed by atoms with Crippen LogP contribution in [0.25, 0.3) is 0 Å². The number of amides is 1. The van der Waals surface area contributed by atoms with Gasteiger partial charge in [0.2, 0.25) is 15.9 Å². The van der Waals surface area contributed by atoms with Crippen molar-refractivity contribution in [2.45, 2.75) is 10.9 Å². The van der Waals surface area contributed by atoms with Crippen LogP contribution in [0.4, 0.5) is 0 Å². The van der Waals surface area contributed by atoms with Gasteiger partial charge in [0.05, 0.1) is 18.6 Å². The molecule has 1 unspecified atom stereocenters. The molecule has 0 bridgehead atoms. The van der Waals surface area contributed by atoms with E-state index in [1.54, 1.807) is 30.3 Å². The summed E-state index contributed by atoms with van der Waals surface area (Å²) in [5.74, 6) is -1.34. The predicted molar refractivity (Wildman–Crippen MR) is 96.0 cm³/mol. The third kappa shape index (κ3) is 5.29. The molecule has 2 N–H and O–H groups in total. The number of rotatable bonds is 7. The number of methoxy groups -OCH3 is 1. The molecule has 0 heterocycles. The Hall–Kier alpha value is -2.42. The lowest BCUT2D eigenvalue weighted by Crippen LogP contribution is -2.41. The maximum absolute atomic E-state index is 12.2. The van der Waals surface area contributed by atoms with Crippen molar-refractivity contribution in [3.63, 3.8) is 0 Å². The van der Waals surface area contributed by atoms with E-state index in [1.165, 1.54) is 31.4 Å². The molecule has 2 rings (SSSR count). The van der Waals surface area contributed by atoms with Gasteiger partial charge in [0.25, 0.3) is 0 Å². The van der Waals surface area contributed by atoms with Crippen LogP contribution in [-0.4, -0.2) is 33.9 Å². The summed E-state index contributed by atoms with van der Waals surface area (Å²) < 4.78 is 31.2. The van der Waals surface area contributed by atoms with E-state index in [0.717, 1.165) is 0 Å². The Bertz CT molecular complexity index is 870. The average molecular weight is 397 g/mol. The number of carbonyl (C=O) groups excluding carboxylic acids is 2. The molecule has 138 valence electrons. The van der Waals surface area contributed by atoms with Crippen molar-refractivity contribution in [2.24, 2.45) is 0 Å². The van der Waals surface area contributed by atoms with E-state index in [0.29, 0.717) is 10.6 Å². The summed E-state index contributed by atoms with van der Waals surface area (Å²) in [6.07, 6.45) is 0. The molecule has 0 aromatic heterocycles. The quantitative estimate of drug-likeness (QED) is 0.693. The molecule has 0 saturated carbocycles. The Morgan fingerprint density at radius 2 is 1.69 bits per heavy atom. The van der Waals surface area contributed by atoms with Gasteiger partial charge in [0, 0.05) is 5.02 Å². The summed E-state index contributed by atoms with van der Waals surface area (Å²) in [4.78, 5) is 24.0. The van der Waals surface area contributed by atoms with Gasteiger partial charge in [0.1, 0.15) is 0 Å². The van der Waals surface area contributed by atoms with Crippen molar-refractivity contribution >= 4 is 33.5 Å². The fourth-order valence-corrected chi connectivity index (χ4v) is 3.22. The molecule has 0 fully saturated rings. The van der Waals surface area contributed by atoms with Gasteiger partial charge >= 0.3 is 5.97 Å². The van der Waals surface area contributed by atoms with Crippen LogP contribution < -0.4 is 10.0 Å². The van der Waals surface area contributed by atoms with Gasteiger partial charge in [-0.25, -0.2) is 17.9 Å². The first-order valence-electron chi connectivity index (χ1n) is 7.51. The zero-order valence-electron chi connectivity index (χ0n) is 13.8. The number of hydrogen-bond donors (Lipinski definition) is 2. The lowest BCUT2D eigenvalue weighted by molar-refractivity contribution is -0.145. The highest BCUT2D eigenvalue weighted by molar-refractivity contribution is 7.89. The Balaban J connectivity index is 2.04. The number of nitrogens with one attached hydrogen (secondary N) is 2. The molecule has 0 aliphatic carbocycles. The molecule has 9 heteroatoms. The van der Waals surface area contributed by atoms with Gasteiger partial charge in [0.15, 0.2) is 6.04 Å². The lowest BCUT2D eigenvalue weighted by Gasteiger charge is -2.17.